The Hall–Kier alpha value is -3.82. The highest BCUT2D eigenvalue weighted by atomic mass is 19.4. The highest BCUT2D eigenvalue weighted by Crippen LogP contribution is 2.37. The van der Waals surface area contributed by atoms with E-state index in [1.807, 2.05) is 5.32 Å². The summed E-state index contributed by atoms with van der Waals surface area (Å²) in [5.41, 5.74) is -4.70. The van der Waals surface area contributed by atoms with Crippen molar-refractivity contribution in [3.63, 3.8) is 0 Å². The summed E-state index contributed by atoms with van der Waals surface area (Å²) in [7, 11) is 1.26. The van der Waals surface area contributed by atoms with Crippen LogP contribution in [0.1, 0.15) is 33.7 Å². The number of nitrogens with zero attached hydrogens (tertiary/aromatic N) is 5. The highest BCUT2D eigenvalue weighted by Gasteiger charge is 2.40. The number of rotatable bonds is 4. The molecule has 3 rings (SSSR count). The van der Waals surface area contributed by atoms with Crippen LogP contribution in [0.3, 0.4) is 0 Å². The van der Waals surface area contributed by atoms with Gasteiger partial charge in [-0.3, -0.25) is 9.48 Å². The van der Waals surface area contributed by atoms with Gasteiger partial charge in [-0.1, -0.05) is 0 Å². The first-order valence-electron chi connectivity index (χ1n) is 8.01. The zero-order valence-corrected chi connectivity index (χ0v) is 14.9. The zero-order chi connectivity index (χ0) is 22.2. The monoisotopic (exact) mass is 428 g/mol. The third-order valence-corrected chi connectivity index (χ3v) is 3.90. The minimum absolute atomic E-state index is 0.124. The lowest BCUT2D eigenvalue weighted by Gasteiger charge is -2.13. The average molecular weight is 428 g/mol. The molecule has 1 amide bonds. The third-order valence-electron chi connectivity index (χ3n) is 3.90. The molecule has 0 radical (unpaired) electrons. The van der Waals surface area contributed by atoms with Crippen molar-refractivity contribution in [3.05, 3.63) is 58.9 Å². The van der Waals surface area contributed by atoms with Crippen LogP contribution in [0, 0.1) is 17.1 Å². The first kappa shape index (κ1) is 20.9. The van der Waals surface area contributed by atoms with Crippen LogP contribution in [0.25, 0.3) is 5.69 Å². The number of hydrogen-bond donors (Lipinski definition) is 1. The number of carbonyl (C=O) groups is 1. The van der Waals surface area contributed by atoms with Crippen molar-refractivity contribution in [1.29, 1.82) is 5.26 Å². The Morgan fingerprint density at radius 3 is 2.57 bits per heavy atom. The van der Waals surface area contributed by atoms with Gasteiger partial charge in [-0.15, -0.1) is 0 Å². The maximum atomic E-state index is 14.2. The van der Waals surface area contributed by atoms with Crippen molar-refractivity contribution in [3.8, 4) is 11.8 Å². The van der Waals surface area contributed by atoms with Gasteiger partial charge >= 0.3 is 6.18 Å². The molecule has 1 aromatic carbocycles. The second kappa shape index (κ2) is 7.54. The molecule has 13 heteroatoms. The molecule has 0 fully saturated rings. The van der Waals surface area contributed by atoms with Gasteiger partial charge in [0.15, 0.2) is 5.69 Å². The van der Waals surface area contributed by atoms with Gasteiger partial charge in [0.05, 0.1) is 29.1 Å². The summed E-state index contributed by atoms with van der Waals surface area (Å²) in [6.07, 6.45) is -6.70. The first-order chi connectivity index (χ1) is 14.0. The van der Waals surface area contributed by atoms with Crippen molar-refractivity contribution < 1.29 is 31.1 Å². The van der Waals surface area contributed by atoms with Crippen molar-refractivity contribution in [2.75, 3.05) is 5.32 Å². The van der Waals surface area contributed by atoms with Gasteiger partial charge in [-0.25, -0.2) is 17.9 Å². The molecule has 0 aliphatic rings. The first-order valence-corrected chi connectivity index (χ1v) is 8.01. The molecule has 0 saturated carbocycles. The Morgan fingerprint density at radius 2 is 2.00 bits per heavy atom. The van der Waals surface area contributed by atoms with E-state index in [9.17, 15) is 31.1 Å². The lowest BCUT2D eigenvalue weighted by molar-refractivity contribution is -0.142. The van der Waals surface area contributed by atoms with E-state index >= 15 is 0 Å². The number of hydrogen-bond acceptors (Lipinski definition) is 4. The number of aromatic nitrogens is 4. The van der Waals surface area contributed by atoms with Crippen LogP contribution in [0.2, 0.25) is 0 Å². The number of alkyl halides is 5. The minimum Gasteiger partial charge on any atom is -0.319 e. The normalized spacial score (nSPS) is 11.6. The van der Waals surface area contributed by atoms with E-state index in [1.54, 1.807) is 6.07 Å². The number of nitrogens with one attached hydrogen (secondary N) is 1. The second-order valence-electron chi connectivity index (χ2n) is 5.95. The maximum Gasteiger partial charge on any atom is 0.435 e. The molecule has 1 N–H and O–H groups in total. The summed E-state index contributed by atoms with van der Waals surface area (Å²) in [6.45, 7) is 0. The maximum absolute atomic E-state index is 14.2. The molecule has 156 valence electrons. The topological polar surface area (TPSA) is 88.5 Å². The summed E-state index contributed by atoms with van der Waals surface area (Å²) < 4.78 is 82.3. The van der Waals surface area contributed by atoms with Crippen molar-refractivity contribution in [1.82, 2.24) is 19.6 Å². The largest absolute Gasteiger partial charge is 0.435 e. The molecular weight excluding hydrogens is 418 g/mol. The fraction of sp³-hybridized carbons (Fsp3) is 0.176. The molecule has 0 spiro atoms. The minimum atomic E-state index is -5.10. The molecule has 0 aliphatic heterocycles. The molecule has 3 aromatic rings. The Kier molecular flexibility index (Phi) is 5.26. The van der Waals surface area contributed by atoms with E-state index in [-0.39, 0.29) is 10.2 Å². The number of nitriles is 1. The van der Waals surface area contributed by atoms with Crippen molar-refractivity contribution >= 4 is 11.6 Å². The Morgan fingerprint density at radius 1 is 1.30 bits per heavy atom. The van der Waals surface area contributed by atoms with E-state index in [0.717, 1.165) is 29.1 Å². The Labute approximate surface area is 164 Å². The number of halogens is 6. The zero-order valence-electron chi connectivity index (χ0n) is 14.9. The van der Waals surface area contributed by atoms with Gasteiger partial charge in [0.2, 0.25) is 0 Å². The lowest BCUT2D eigenvalue weighted by atomic mass is 10.2. The van der Waals surface area contributed by atoms with Gasteiger partial charge in [0.25, 0.3) is 12.3 Å². The van der Waals surface area contributed by atoms with Crippen LogP contribution in [-0.2, 0) is 13.2 Å². The predicted molar refractivity (Wildman–Crippen MR) is 89.4 cm³/mol. The molecule has 30 heavy (non-hydrogen) atoms. The molecule has 0 bridgehead atoms. The van der Waals surface area contributed by atoms with E-state index in [4.69, 9.17) is 5.26 Å². The Bertz CT molecular complexity index is 1160. The van der Waals surface area contributed by atoms with Crippen LogP contribution in [0.5, 0.6) is 0 Å². The van der Waals surface area contributed by atoms with Gasteiger partial charge in [-0.05, 0) is 18.2 Å². The van der Waals surface area contributed by atoms with Gasteiger partial charge in [-0.2, -0.15) is 28.6 Å². The van der Waals surface area contributed by atoms with Gasteiger partial charge < -0.3 is 5.32 Å². The second-order valence-corrected chi connectivity index (χ2v) is 5.95. The summed E-state index contributed by atoms with van der Waals surface area (Å²) in [4.78, 5) is 12.3. The van der Waals surface area contributed by atoms with Crippen molar-refractivity contribution in [2.24, 2.45) is 7.05 Å². The fourth-order valence-electron chi connectivity index (χ4n) is 2.67. The number of amides is 1. The highest BCUT2D eigenvalue weighted by molar-refractivity contribution is 6.05. The van der Waals surface area contributed by atoms with Crippen LogP contribution in [0.15, 0.2) is 30.6 Å². The summed E-state index contributed by atoms with van der Waals surface area (Å²) in [5.74, 6) is -2.43. The smallest absolute Gasteiger partial charge is 0.319 e. The summed E-state index contributed by atoms with van der Waals surface area (Å²) in [5, 5.41) is 17.5. The molecule has 0 unspecified atom stereocenters. The number of benzene rings is 1. The van der Waals surface area contributed by atoms with Crippen LogP contribution < -0.4 is 5.32 Å². The quantitative estimate of drug-likeness (QED) is 0.640. The summed E-state index contributed by atoms with van der Waals surface area (Å²) >= 11 is 0. The molecule has 0 atom stereocenters. The van der Waals surface area contributed by atoms with Crippen molar-refractivity contribution in [2.45, 2.75) is 12.6 Å². The number of anilines is 1. The molecule has 0 aliphatic carbocycles. The van der Waals surface area contributed by atoms with E-state index < -0.39 is 52.7 Å². The van der Waals surface area contributed by atoms with E-state index in [0.29, 0.717) is 6.20 Å². The average Bonchev–Trinajstić information content (AvgIpc) is 3.25. The standard InChI is InChI=1S/C17H10F6N6O/c1-28-7-9(13(27-28)15(19)20)16(30)26-11-6-25-29(14(11)17(21,22)23)12-3-2-8(5-24)4-10(12)18/h2-4,6-7,15H,1H3,(H,26,30). The van der Waals surface area contributed by atoms with Gasteiger partial charge in [0.1, 0.15) is 17.2 Å². The fourth-order valence-corrected chi connectivity index (χ4v) is 2.67. The number of aryl methyl sites for hydroxylation is 1. The van der Waals surface area contributed by atoms with Gasteiger partial charge in [0, 0.05) is 13.2 Å². The SMILES string of the molecule is Cn1cc(C(=O)Nc2cnn(-c3ccc(C#N)cc3F)c2C(F)(F)F)c(C(F)F)n1. The molecule has 2 heterocycles. The molecule has 0 saturated heterocycles. The molecule has 7 nitrogen and oxygen atoms in total. The van der Waals surface area contributed by atoms with Crippen LogP contribution >= 0.6 is 0 Å². The molecule has 2 aromatic heterocycles. The number of carbonyl (C=O) groups excluding carboxylic acids is 1. The van der Waals surface area contributed by atoms with Crippen LogP contribution in [-0.4, -0.2) is 25.5 Å². The third kappa shape index (κ3) is 3.84. The van der Waals surface area contributed by atoms with Crippen LogP contribution in [0.4, 0.5) is 32.0 Å². The molecular formula is C17H10F6N6O. The predicted octanol–water partition coefficient (Wildman–Crippen LogP) is 3.83. The Balaban J connectivity index is 2.06. The van der Waals surface area contributed by atoms with E-state index in [1.165, 1.54) is 7.05 Å². The summed E-state index contributed by atoms with van der Waals surface area (Å²) in [6, 6.07) is 4.36. The van der Waals surface area contributed by atoms with E-state index in [2.05, 4.69) is 10.2 Å². The lowest BCUT2D eigenvalue weighted by Crippen LogP contribution is -2.19.